The van der Waals surface area contributed by atoms with Gasteiger partial charge in [0.05, 0.1) is 11.6 Å². The normalized spacial score (nSPS) is 27.0. The van der Waals surface area contributed by atoms with E-state index in [9.17, 15) is 9.18 Å². The Kier molecular flexibility index (Phi) is 4.54. The van der Waals surface area contributed by atoms with Crippen LogP contribution in [-0.2, 0) is 16.1 Å². The zero-order chi connectivity index (χ0) is 17.4. The molecule has 2 saturated heterocycles. The van der Waals surface area contributed by atoms with Gasteiger partial charge in [-0.25, -0.2) is 4.39 Å². The first kappa shape index (κ1) is 17.0. The molecule has 1 amide bonds. The van der Waals surface area contributed by atoms with Crippen LogP contribution in [0.2, 0.25) is 0 Å². The van der Waals surface area contributed by atoms with Crippen LogP contribution in [0.4, 0.5) is 4.39 Å². The average Bonchev–Trinajstić information content (AvgIpc) is 3.44. The number of carbonyl (C=O) groups is 1. The number of likely N-dealkylation sites (tertiary alicyclic amines) is 1. The molecule has 0 N–H and O–H groups in total. The molecule has 25 heavy (non-hydrogen) atoms. The van der Waals surface area contributed by atoms with E-state index < -0.39 is 0 Å². The van der Waals surface area contributed by atoms with Crippen molar-refractivity contribution < 1.29 is 13.9 Å². The minimum atomic E-state index is -0.192. The van der Waals surface area contributed by atoms with Gasteiger partial charge < -0.3 is 9.64 Å². The number of carbonyl (C=O) groups excluding carboxylic acids is 1. The van der Waals surface area contributed by atoms with Crippen molar-refractivity contribution in [1.29, 1.82) is 0 Å². The zero-order valence-electron chi connectivity index (χ0n) is 14.9. The third-order valence-corrected chi connectivity index (χ3v) is 6.21. The number of hydrogen-bond donors (Lipinski definition) is 0. The third-order valence-electron chi connectivity index (χ3n) is 6.21. The second-order valence-electron chi connectivity index (χ2n) is 7.92. The van der Waals surface area contributed by atoms with E-state index in [-0.39, 0.29) is 30.0 Å². The molecule has 5 heteroatoms. The van der Waals surface area contributed by atoms with Crippen LogP contribution in [-0.4, -0.2) is 53.6 Å². The van der Waals surface area contributed by atoms with Crippen molar-refractivity contribution in [3.8, 4) is 0 Å². The lowest BCUT2D eigenvalue weighted by Crippen LogP contribution is -2.64. The molecule has 0 bridgehead atoms. The molecule has 4 rings (SSSR count). The minimum absolute atomic E-state index is 0.152. The second-order valence-corrected chi connectivity index (χ2v) is 7.92. The standard InChI is InChI=1S/C20H27FN2O2/c1-15-20(25-14-19(24)23(15)13-17-2-3-17)8-10-22(11-9-20)12-16-4-6-18(21)7-5-16/h4-7,15,17H,2-3,8-14H2,1H3. The van der Waals surface area contributed by atoms with Gasteiger partial charge in [-0.2, -0.15) is 0 Å². The van der Waals surface area contributed by atoms with Crippen LogP contribution >= 0.6 is 0 Å². The zero-order valence-corrected chi connectivity index (χ0v) is 14.9. The van der Waals surface area contributed by atoms with E-state index in [0.717, 1.165) is 44.6 Å². The molecule has 1 aromatic carbocycles. The maximum absolute atomic E-state index is 13.0. The number of piperidine rings is 1. The van der Waals surface area contributed by atoms with Crippen LogP contribution in [0.1, 0.15) is 38.2 Å². The Labute approximate surface area is 148 Å². The maximum atomic E-state index is 13.0. The predicted molar refractivity (Wildman–Crippen MR) is 93.5 cm³/mol. The summed E-state index contributed by atoms with van der Waals surface area (Å²) in [4.78, 5) is 16.8. The summed E-state index contributed by atoms with van der Waals surface area (Å²) in [6, 6.07) is 6.91. The molecule has 1 saturated carbocycles. The molecule has 1 unspecified atom stereocenters. The molecule has 2 heterocycles. The van der Waals surface area contributed by atoms with Crippen LogP contribution in [0.15, 0.2) is 24.3 Å². The van der Waals surface area contributed by atoms with Gasteiger partial charge in [0.15, 0.2) is 0 Å². The summed E-state index contributed by atoms with van der Waals surface area (Å²) in [5, 5.41) is 0. The largest absolute Gasteiger partial charge is 0.363 e. The molecule has 3 fully saturated rings. The number of amides is 1. The van der Waals surface area contributed by atoms with Crippen molar-refractivity contribution in [2.75, 3.05) is 26.2 Å². The van der Waals surface area contributed by atoms with Crippen molar-refractivity contribution >= 4 is 5.91 Å². The fourth-order valence-corrected chi connectivity index (χ4v) is 4.25. The highest BCUT2D eigenvalue weighted by Crippen LogP contribution is 2.38. The van der Waals surface area contributed by atoms with E-state index in [1.165, 1.54) is 25.0 Å². The van der Waals surface area contributed by atoms with E-state index in [0.29, 0.717) is 5.92 Å². The number of halogens is 1. The molecular formula is C20H27FN2O2. The Hall–Kier alpha value is -1.46. The lowest BCUT2D eigenvalue weighted by atomic mass is 9.82. The van der Waals surface area contributed by atoms with Crippen molar-refractivity contribution in [1.82, 2.24) is 9.80 Å². The van der Waals surface area contributed by atoms with Gasteiger partial charge in [0.25, 0.3) is 0 Å². The Balaban J connectivity index is 1.37. The van der Waals surface area contributed by atoms with Crippen LogP contribution in [0.5, 0.6) is 0 Å². The summed E-state index contributed by atoms with van der Waals surface area (Å²) < 4.78 is 19.2. The molecule has 0 radical (unpaired) electrons. The molecule has 1 aromatic rings. The molecule has 1 spiro atoms. The van der Waals surface area contributed by atoms with Gasteiger partial charge in [-0.05, 0) is 56.2 Å². The molecular weight excluding hydrogens is 319 g/mol. The summed E-state index contributed by atoms with van der Waals surface area (Å²) in [6.45, 7) is 6.05. The Bertz CT molecular complexity index is 621. The van der Waals surface area contributed by atoms with Crippen molar-refractivity contribution in [3.63, 3.8) is 0 Å². The first-order chi connectivity index (χ1) is 12.1. The van der Waals surface area contributed by atoms with Gasteiger partial charge in [0, 0.05) is 26.2 Å². The molecule has 1 aliphatic carbocycles. The fraction of sp³-hybridized carbons (Fsp3) is 0.650. The van der Waals surface area contributed by atoms with Crippen LogP contribution in [0.3, 0.4) is 0 Å². The van der Waals surface area contributed by atoms with Gasteiger partial charge in [-0.1, -0.05) is 12.1 Å². The number of nitrogens with zero attached hydrogens (tertiary/aromatic N) is 2. The fourth-order valence-electron chi connectivity index (χ4n) is 4.25. The summed E-state index contributed by atoms with van der Waals surface area (Å²) >= 11 is 0. The van der Waals surface area contributed by atoms with Crippen molar-refractivity contribution in [3.05, 3.63) is 35.6 Å². The summed E-state index contributed by atoms with van der Waals surface area (Å²) in [7, 11) is 0. The van der Waals surface area contributed by atoms with Crippen molar-refractivity contribution in [2.24, 2.45) is 5.92 Å². The van der Waals surface area contributed by atoms with E-state index in [2.05, 4.69) is 16.7 Å². The van der Waals surface area contributed by atoms with Gasteiger partial charge >= 0.3 is 0 Å². The lowest BCUT2D eigenvalue weighted by Gasteiger charge is -2.51. The first-order valence-electron chi connectivity index (χ1n) is 9.46. The SMILES string of the molecule is CC1N(CC2CC2)C(=O)COC12CCN(Cc1ccc(F)cc1)CC2. The molecule has 2 aliphatic heterocycles. The quantitative estimate of drug-likeness (QED) is 0.840. The Morgan fingerprint density at radius 3 is 2.52 bits per heavy atom. The maximum Gasteiger partial charge on any atom is 0.248 e. The first-order valence-corrected chi connectivity index (χ1v) is 9.46. The highest BCUT2D eigenvalue weighted by molar-refractivity contribution is 5.78. The van der Waals surface area contributed by atoms with E-state index in [1.807, 2.05) is 12.1 Å². The Morgan fingerprint density at radius 1 is 1.20 bits per heavy atom. The number of ether oxygens (including phenoxy) is 1. The van der Waals surface area contributed by atoms with Gasteiger partial charge in [-0.15, -0.1) is 0 Å². The highest BCUT2D eigenvalue weighted by Gasteiger charge is 2.48. The highest BCUT2D eigenvalue weighted by atomic mass is 19.1. The number of rotatable bonds is 4. The average molecular weight is 346 g/mol. The van der Waals surface area contributed by atoms with E-state index in [1.54, 1.807) is 0 Å². The number of hydrogen-bond acceptors (Lipinski definition) is 3. The van der Waals surface area contributed by atoms with Gasteiger partial charge in [-0.3, -0.25) is 9.69 Å². The smallest absolute Gasteiger partial charge is 0.248 e. The summed E-state index contributed by atoms with van der Waals surface area (Å²) in [5.74, 6) is 0.671. The second kappa shape index (κ2) is 6.69. The van der Waals surface area contributed by atoms with Crippen LogP contribution < -0.4 is 0 Å². The van der Waals surface area contributed by atoms with Crippen molar-refractivity contribution in [2.45, 2.75) is 50.8 Å². The number of benzene rings is 1. The van der Waals surface area contributed by atoms with Crippen LogP contribution in [0.25, 0.3) is 0 Å². The molecule has 136 valence electrons. The Morgan fingerprint density at radius 2 is 1.88 bits per heavy atom. The molecule has 4 nitrogen and oxygen atoms in total. The number of morpholine rings is 1. The molecule has 1 atom stereocenters. The van der Waals surface area contributed by atoms with E-state index >= 15 is 0 Å². The molecule has 3 aliphatic rings. The summed E-state index contributed by atoms with van der Waals surface area (Å²) in [5.41, 5.74) is 0.947. The van der Waals surface area contributed by atoms with E-state index in [4.69, 9.17) is 4.74 Å². The van der Waals surface area contributed by atoms with Gasteiger partial charge in [0.2, 0.25) is 5.91 Å². The van der Waals surface area contributed by atoms with Crippen LogP contribution in [0, 0.1) is 11.7 Å². The third kappa shape index (κ3) is 3.58. The topological polar surface area (TPSA) is 32.8 Å². The van der Waals surface area contributed by atoms with Gasteiger partial charge in [0.1, 0.15) is 12.4 Å². The lowest BCUT2D eigenvalue weighted by molar-refractivity contribution is -0.187. The molecule has 0 aromatic heterocycles. The predicted octanol–water partition coefficient (Wildman–Crippen LogP) is 2.82. The summed E-state index contributed by atoms with van der Waals surface area (Å²) in [6.07, 6.45) is 4.42. The minimum Gasteiger partial charge on any atom is -0.363 e. The monoisotopic (exact) mass is 346 g/mol.